The van der Waals surface area contributed by atoms with Crippen LogP contribution in [0.15, 0.2) is 42.1 Å². The Morgan fingerprint density at radius 2 is 1.14 bits per heavy atom. The number of amides is 14. The highest BCUT2D eigenvalue weighted by atomic mass is 16.3. The predicted octanol–water partition coefficient (Wildman–Crippen LogP) is 1.36. The van der Waals surface area contributed by atoms with Gasteiger partial charge in [0.2, 0.25) is 76.8 Å². The fraction of sp³-hybridized carbons (Fsp3) is 0.707. The number of likely N-dealkylation sites (tertiary alicyclic amines) is 1. The molecule has 0 spiro atoms. The molecule has 2 heterocycles. The Balaban J connectivity index is 2.00. The summed E-state index contributed by atoms with van der Waals surface area (Å²) in [7, 11) is 1.35. The summed E-state index contributed by atoms with van der Waals surface area (Å²) in [5.41, 5.74) is 6.39. The zero-order valence-electron chi connectivity index (χ0n) is 65.4. The van der Waals surface area contributed by atoms with E-state index in [2.05, 4.69) is 63.8 Å². The van der Waals surface area contributed by atoms with Crippen LogP contribution in [0.1, 0.15) is 188 Å². The van der Waals surface area contributed by atoms with Crippen molar-refractivity contribution in [3.05, 3.63) is 47.7 Å². The fourth-order valence-electron chi connectivity index (χ4n) is 12.2. The van der Waals surface area contributed by atoms with Gasteiger partial charge >= 0.3 is 0 Å². The SMILES string of the molecule is C/C=C1\NC(=O)[C@H](Cc2ccccc2)NC(=O)[C@H](C(C)C)NC(=O)[C@@H]([C@@H](C)CC)NC(=O)[C@H](NC(=O)[C@H](NC(=O)[C@H](CCCN)NC(=O)[C@H]2CCCN2C(=O)[C@H](NC(=O)[C@@H](NC(=O)[C@@H](NC(=O)[C@H](NC(=O)CC[C@@H](C)CC)C(C)C)[C@@H](C)O)C(C)C)C(C)C)[C@@H](C)CC)CN(C)C(=O)[C@H](C(C)C)NC1=O. The first-order chi connectivity index (χ1) is 49.3. The van der Waals surface area contributed by atoms with Crippen LogP contribution in [-0.2, 0) is 73.5 Å². The third-order valence-electron chi connectivity index (χ3n) is 19.8. The summed E-state index contributed by atoms with van der Waals surface area (Å²) < 4.78 is 0. The molecule has 0 aromatic heterocycles. The molecule has 30 heteroatoms. The molecule has 105 heavy (non-hydrogen) atoms. The molecule has 0 saturated carbocycles. The van der Waals surface area contributed by atoms with E-state index in [0.29, 0.717) is 24.8 Å². The van der Waals surface area contributed by atoms with Gasteiger partial charge in [0.1, 0.15) is 78.2 Å². The number of carbonyl (C=O) groups is 14. The molecule has 2 aliphatic heterocycles. The maximum absolute atomic E-state index is 15.0. The van der Waals surface area contributed by atoms with Crippen molar-refractivity contribution in [3.63, 3.8) is 0 Å². The van der Waals surface area contributed by atoms with Crippen molar-refractivity contribution < 1.29 is 72.2 Å². The molecule has 2 fully saturated rings. The Hall–Kier alpha value is -8.54. The molecule has 0 radical (unpaired) electrons. The number of hydrogen-bond acceptors (Lipinski definition) is 16. The summed E-state index contributed by atoms with van der Waals surface area (Å²) in [6.07, 6.45) is 2.79. The van der Waals surface area contributed by atoms with Crippen molar-refractivity contribution in [1.82, 2.24) is 73.6 Å². The van der Waals surface area contributed by atoms with Crippen LogP contribution in [0.2, 0.25) is 0 Å². The lowest BCUT2D eigenvalue weighted by Crippen LogP contribution is -2.64. The van der Waals surface area contributed by atoms with Gasteiger partial charge in [-0.1, -0.05) is 166 Å². The average molecular weight is 1480 g/mol. The van der Waals surface area contributed by atoms with E-state index in [1.807, 2.05) is 13.8 Å². The van der Waals surface area contributed by atoms with Crippen LogP contribution < -0.4 is 69.5 Å². The highest BCUT2D eigenvalue weighted by Crippen LogP contribution is 2.23. The molecule has 1 aromatic carbocycles. The number of allylic oxidation sites excluding steroid dienone is 1. The van der Waals surface area contributed by atoms with Gasteiger partial charge in [-0.15, -0.1) is 0 Å². The first-order valence-corrected chi connectivity index (χ1v) is 37.6. The van der Waals surface area contributed by atoms with Crippen molar-refractivity contribution in [2.75, 3.05) is 26.7 Å². The van der Waals surface area contributed by atoms with Crippen LogP contribution in [0.25, 0.3) is 0 Å². The molecule has 2 aliphatic rings. The van der Waals surface area contributed by atoms with Crippen LogP contribution in [-0.4, -0.2) is 203 Å². The first kappa shape index (κ1) is 90.7. The normalized spacial score (nSPS) is 22.2. The summed E-state index contributed by atoms with van der Waals surface area (Å²) in [5.74, 6) is -14.4. The van der Waals surface area contributed by atoms with E-state index < -0.39 is 203 Å². The van der Waals surface area contributed by atoms with Crippen molar-refractivity contribution in [3.8, 4) is 0 Å². The maximum Gasteiger partial charge on any atom is 0.268 e. The molecule has 590 valence electrons. The number of nitrogens with zero attached hydrogens (tertiary/aromatic N) is 2. The van der Waals surface area contributed by atoms with Gasteiger partial charge in [0.25, 0.3) is 5.91 Å². The molecule has 15 N–H and O–H groups in total. The van der Waals surface area contributed by atoms with Gasteiger partial charge in [-0.05, 0) is 105 Å². The van der Waals surface area contributed by atoms with Gasteiger partial charge in [0.05, 0.1) is 6.10 Å². The second-order valence-corrected chi connectivity index (χ2v) is 30.1. The number of aliphatic hydroxyl groups is 1. The smallest absolute Gasteiger partial charge is 0.268 e. The summed E-state index contributed by atoms with van der Waals surface area (Å²) in [5, 5.41) is 43.5. The third-order valence-corrected chi connectivity index (χ3v) is 19.8. The number of nitrogens with one attached hydrogen (secondary N) is 12. The summed E-state index contributed by atoms with van der Waals surface area (Å²) >= 11 is 0. The van der Waals surface area contributed by atoms with Gasteiger partial charge in [-0.3, -0.25) is 67.1 Å². The molecule has 0 bridgehead atoms. The molecule has 16 atom stereocenters. The van der Waals surface area contributed by atoms with Gasteiger partial charge in [-0.25, -0.2) is 0 Å². The fourth-order valence-corrected chi connectivity index (χ4v) is 12.2. The zero-order valence-corrected chi connectivity index (χ0v) is 65.4. The van der Waals surface area contributed by atoms with E-state index in [-0.39, 0.29) is 69.1 Å². The summed E-state index contributed by atoms with van der Waals surface area (Å²) in [6.45, 7) is 30.1. The largest absolute Gasteiger partial charge is 0.391 e. The summed E-state index contributed by atoms with van der Waals surface area (Å²) in [6, 6.07) is -7.18. The minimum absolute atomic E-state index is 0.0225. The molecular formula is C75H125N15O15. The van der Waals surface area contributed by atoms with Crippen molar-refractivity contribution in [1.29, 1.82) is 0 Å². The second-order valence-electron chi connectivity index (χ2n) is 30.1. The lowest BCUT2D eigenvalue weighted by atomic mass is 9.95. The molecule has 14 amide bonds. The Bertz CT molecular complexity index is 3160. The average Bonchev–Trinajstić information content (AvgIpc) is 1.80. The Kier molecular flexibility index (Phi) is 37.8. The molecule has 30 nitrogen and oxygen atoms in total. The number of nitrogens with two attached hydrogens (primary N) is 1. The highest BCUT2D eigenvalue weighted by Gasteiger charge is 2.44. The van der Waals surface area contributed by atoms with E-state index in [0.717, 1.165) is 11.3 Å². The predicted molar refractivity (Wildman–Crippen MR) is 397 cm³/mol. The lowest BCUT2D eigenvalue weighted by molar-refractivity contribution is -0.144. The molecule has 3 rings (SSSR count). The quantitative estimate of drug-likeness (QED) is 0.0442. The van der Waals surface area contributed by atoms with Gasteiger partial charge in [0, 0.05) is 33.0 Å². The number of aliphatic hydroxyl groups excluding tert-OH is 1. The zero-order chi connectivity index (χ0) is 79.4. The van der Waals surface area contributed by atoms with E-state index in [1.54, 1.807) is 127 Å². The maximum atomic E-state index is 15.0. The number of hydrogen-bond donors (Lipinski definition) is 14. The lowest BCUT2D eigenvalue weighted by Gasteiger charge is -2.34. The van der Waals surface area contributed by atoms with Crippen molar-refractivity contribution in [2.45, 2.75) is 267 Å². The van der Waals surface area contributed by atoms with Crippen molar-refractivity contribution >= 4 is 82.7 Å². The monoisotopic (exact) mass is 1480 g/mol. The van der Waals surface area contributed by atoms with E-state index in [9.17, 15) is 62.6 Å². The number of likely N-dealkylation sites (N-methyl/N-ethyl adjacent to an activating group) is 1. The van der Waals surface area contributed by atoms with Crippen molar-refractivity contribution in [2.24, 2.45) is 53.1 Å². The Labute approximate surface area is 620 Å². The molecule has 0 aliphatic carbocycles. The van der Waals surface area contributed by atoms with Crippen LogP contribution in [0.4, 0.5) is 0 Å². The Morgan fingerprint density at radius 1 is 0.600 bits per heavy atom. The van der Waals surface area contributed by atoms with E-state index >= 15 is 9.59 Å². The standard InChI is InChI=1S/C75H125N15O15/c1-20-44(15)33-34-54(92)81-55(39(5)6)69(99)88-62(47(18)91)73(103)83-57(41(9)10)70(100)85-59(43(13)14)75(105)90-36-28-32-53(90)67(97)78-50(31-27-35-76)64(94)86-60(45(16)21-2)71(101)80-52-38-89(19)74(104)58(42(11)12)84-63(93)49(23-4)77-65(95)51(37-48-29-25-24-26-30-48)79-68(98)56(40(7)8)82-72(102)61(46(17)22-3)87-66(52)96/h23-26,29-30,39-47,50-53,55-62,91H,20-22,27-28,31-38,76H2,1-19H3,(H,77,95)(H,78,97)(H,79,98)(H,80,101)(H,81,92)(H,82,102)(H,83,103)(H,84,93)(H,85,100)(H,86,94)(H,87,96)(H,88,99)/b49-23-/t44-,45-,46-,47+,50-,51-,52+,53+,55+,56-,57-,58-,59+,60+,61+,62-/m0/s1. The number of benzene rings is 1. The molecule has 1 aromatic rings. The Morgan fingerprint density at radius 3 is 1.68 bits per heavy atom. The number of rotatable bonds is 33. The minimum atomic E-state index is -1.67. The van der Waals surface area contributed by atoms with E-state index in [1.165, 1.54) is 31.9 Å². The van der Waals surface area contributed by atoms with Crippen LogP contribution in [0.3, 0.4) is 0 Å². The third kappa shape index (κ3) is 27.4. The van der Waals surface area contributed by atoms with E-state index in [4.69, 9.17) is 5.73 Å². The van der Waals surface area contributed by atoms with Crippen LogP contribution in [0.5, 0.6) is 0 Å². The van der Waals surface area contributed by atoms with Gasteiger partial charge in [0.15, 0.2) is 0 Å². The van der Waals surface area contributed by atoms with Crippen LogP contribution in [0, 0.1) is 47.3 Å². The topological polar surface area (TPSA) is 436 Å². The number of carbonyl (C=O) groups excluding carboxylic acids is 14. The first-order valence-electron chi connectivity index (χ1n) is 37.6. The van der Waals surface area contributed by atoms with Gasteiger partial charge < -0.3 is 84.4 Å². The summed E-state index contributed by atoms with van der Waals surface area (Å²) in [4.78, 5) is 204. The highest BCUT2D eigenvalue weighted by molar-refractivity contribution is 6.03. The van der Waals surface area contributed by atoms with Gasteiger partial charge in [-0.2, -0.15) is 0 Å². The second kappa shape index (κ2) is 43.8. The molecular weight excluding hydrogens is 1350 g/mol. The molecule has 0 unspecified atom stereocenters. The molecule has 2 saturated heterocycles. The van der Waals surface area contributed by atoms with Crippen LogP contribution >= 0.6 is 0 Å². The minimum Gasteiger partial charge on any atom is -0.391 e.